The van der Waals surface area contributed by atoms with Gasteiger partial charge in [0.05, 0.1) is 12.7 Å². The first kappa shape index (κ1) is 16.4. The third kappa shape index (κ3) is 2.65. The predicted octanol–water partition coefficient (Wildman–Crippen LogP) is 5.79. The van der Waals surface area contributed by atoms with Crippen LogP contribution in [0.4, 0.5) is 22.0 Å². The number of methoxy groups -OCH3 is 1. The lowest BCUT2D eigenvalue weighted by Crippen LogP contribution is -2.03. The molecule has 124 valence electrons. The summed E-state index contributed by atoms with van der Waals surface area (Å²) in [6, 6.07) is 9.74. The van der Waals surface area contributed by atoms with Crippen molar-refractivity contribution in [3.63, 3.8) is 0 Å². The number of ether oxygens (including phenoxy) is 1. The summed E-state index contributed by atoms with van der Waals surface area (Å²) in [7, 11) is 1.52. The van der Waals surface area contributed by atoms with Crippen LogP contribution in [0.5, 0.6) is 5.75 Å². The van der Waals surface area contributed by atoms with Crippen molar-refractivity contribution in [1.29, 1.82) is 0 Å². The first-order valence-corrected chi connectivity index (χ1v) is 7.51. The molecule has 3 rings (SSSR count). The highest BCUT2D eigenvalue weighted by Crippen LogP contribution is 2.39. The molecule has 2 aromatic carbocycles. The smallest absolute Gasteiger partial charge is 0.200 e. The summed E-state index contributed by atoms with van der Waals surface area (Å²) >= 11 is 0.928. The Bertz CT molecular complexity index is 873. The van der Waals surface area contributed by atoms with Gasteiger partial charge in [0.15, 0.2) is 23.3 Å². The topological polar surface area (TPSA) is 9.23 Å². The second-order valence-corrected chi connectivity index (χ2v) is 5.92. The minimum atomic E-state index is -2.17. The number of benzene rings is 2. The van der Waals surface area contributed by atoms with Gasteiger partial charge in [-0.2, -0.15) is 0 Å². The van der Waals surface area contributed by atoms with Crippen molar-refractivity contribution in [2.75, 3.05) is 7.11 Å². The fourth-order valence-corrected chi connectivity index (χ4v) is 3.25. The van der Waals surface area contributed by atoms with Gasteiger partial charge in [-0.3, -0.25) is 0 Å². The van der Waals surface area contributed by atoms with Crippen LogP contribution in [0, 0.1) is 29.1 Å². The van der Waals surface area contributed by atoms with E-state index in [1.165, 1.54) is 13.2 Å². The second kappa shape index (κ2) is 6.24. The molecule has 0 aliphatic carbocycles. The summed E-state index contributed by atoms with van der Waals surface area (Å²) < 4.78 is 72.6. The molecule has 0 saturated heterocycles. The summed E-state index contributed by atoms with van der Waals surface area (Å²) in [5.74, 6) is -9.12. The maximum atomic E-state index is 13.9. The fourth-order valence-electron chi connectivity index (χ4n) is 2.20. The van der Waals surface area contributed by atoms with Crippen molar-refractivity contribution in [2.24, 2.45) is 0 Å². The molecule has 3 aromatic rings. The Morgan fingerprint density at radius 3 is 1.71 bits per heavy atom. The van der Waals surface area contributed by atoms with Gasteiger partial charge in [0.1, 0.15) is 5.75 Å². The lowest BCUT2D eigenvalue weighted by atomic mass is 10.1. The number of rotatable bonds is 3. The molecule has 0 radical (unpaired) electrons. The van der Waals surface area contributed by atoms with E-state index in [-0.39, 0.29) is 4.88 Å². The van der Waals surface area contributed by atoms with Gasteiger partial charge in [0.25, 0.3) is 0 Å². The minimum absolute atomic E-state index is 0.0476. The van der Waals surface area contributed by atoms with E-state index >= 15 is 0 Å². The molecule has 0 aliphatic heterocycles. The Hall–Kier alpha value is -2.41. The van der Waals surface area contributed by atoms with E-state index in [1.807, 2.05) is 0 Å². The molecule has 0 fully saturated rings. The van der Waals surface area contributed by atoms with E-state index in [1.54, 1.807) is 30.3 Å². The van der Waals surface area contributed by atoms with Crippen LogP contribution in [-0.2, 0) is 0 Å². The molecule has 0 saturated carbocycles. The van der Waals surface area contributed by atoms with Gasteiger partial charge in [-0.1, -0.05) is 0 Å². The number of halogens is 5. The van der Waals surface area contributed by atoms with Gasteiger partial charge in [-0.25, -0.2) is 22.0 Å². The molecule has 24 heavy (non-hydrogen) atoms. The van der Waals surface area contributed by atoms with Crippen LogP contribution < -0.4 is 4.74 Å². The van der Waals surface area contributed by atoms with E-state index < -0.39 is 34.6 Å². The second-order valence-electron chi connectivity index (χ2n) is 4.84. The SMILES string of the molecule is COc1ccc(-c2ccc(-c3c(F)c(F)c(F)c(F)c3F)s2)cc1. The van der Waals surface area contributed by atoms with Gasteiger partial charge in [0, 0.05) is 9.75 Å². The number of hydrogen-bond acceptors (Lipinski definition) is 2. The zero-order valence-corrected chi connectivity index (χ0v) is 13.0. The zero-order valence-electron chi connectivity index (χ0n) is 12.2. The highest BCUT2D eigenvalue weighted by Gasteiger charge is 2.27. The van der Waals surface area contributed by atoms with Crippen LogP contribution in [0.25, 0.3) is 20.9 Å². The summed E-state index contributed by atoms with van der Waals surface area (Å²) in [6.07, 6.45) is 0. The molecule has 7 heteroatoms. The number of hydrogen-bond donors (Lipinski definition) is 0. The highest BCUT2D eigenvalue weighted by atomic mass is 32.1. The summed E-state index contributed by atoms with van der Waals surface area (Å²) in [5.41, 5.74) is -0.188. The van der Waals surface area contributed by atoms with Gasteiger partial charge in [-0.05, 0) is 42.0 Å². The van der Waals surface area contributed by atoms with E-state index in [9.17, 15) is 22.0 Å². The lowest BCUT2D eigenvalue weighted by molar-refractivity contribution is 0.381. The van der Waals surface area contributed by atoms with E-state index in [2.05, 4.69) is 0 Å². The summed E-state index contributed by atoms with van der Waals surface area (Å²) in [6.45, 7) is 0. The average molecular weight is 356 g/mol. The summed E-state index contributed by atoms with van der Waals surface area (Å²) in [4.78, 5) is 0.574. The Balaban J connectivity index is 2.08. The molecule has 0 atom stereocenters. The van der Waals surface area contributed by atoms with Crippen molar-refractivity contribution in [3.05, 3.63) is 65.5 Å². The third-order valence-corrected chi connectivity index (χ3v) is 4.59. The first-order valence-electron chi connectivity index (χ1n) is 6.70. The molecule has 0 spiro atoms. The van der Waals surface area contributed by atoms with Crippen molar-refractivity contribution in [2.45, 2.75) is 0 Å². The standard InChI is InChI=1S/C17H9F5OS/c1-23-9-4-2-8(3-5-9)10-6-7-11(24-10)12-13(18)15(20)17(22)16(21)14(12)19/h2-7H,1H3. The van der Waals surface area contributed by atoms with Crippen molar-refractivity contribution in [3.8, 4) is 26.6 Å². The quantitative estimate of drug-likeness (QED) is 0.328. The van der Waals surface area contributed by atoms with Crippen LogP contribution in [0.1, 0.15) is 0 Å². The van der Waals surface area contributed by atoms with E-state index in [0.717, 1.165) is 16.9 Å². The third-order valence-electron chi connectivity index (χ3n) is 3.44. The highest BCUT2D eigenvalue weighted by molar-refractivity contribution is 7.18. The molecule has 1 heterocycles. The monoisotopic (exact) mass is 356 g/mol. The molecule has 0 N–H and O–H groups in total. The van der Waals surface area contributed by atoms with Gasteiger partial charge >= 0.3 is 0 Å². The van der Waals surface area contributed by atoms with Crippen molar-refractivity contribution in [1.82, 2.24) is 0 Å². The molecular weight excluding hydrogens is 347 g/mol. The maximum absolute atomic E-state index is 13.9. The van der Waals surface area contributed by atoms with E-state index in [4.69, 9.17) is 4.74 Å². The fraction of sp³-hybridized carbons (Fsp3) is 0.0588. The van der Waals surface area contributed by atoms with Gasteiger partial charge < -0.3 is 4.74 Å². The van der Waals surface area contributed by atoms with Crippen LogP contribution in [0.2, 0.25) is 0 Å². The Labute approximate surface area is 137 Å². The zero-order chi connectivity index (χ0) is 17.4. The normalized spacial score (nSPS) is 10.9. The Kier molecular flexibility index (Phi) is 4.28. The lowest BCUT2D eigenvalue weighted by Gasteiger charge is -2.06. The van der Waals surface area contributed by atoms with E-state index in [0.29, 0.717) is 10.6 Å². The molecule has 0 amide bonds. The van der Waals surface area contributed by atoms with Crippen LogP contribution in [0.15, 0.2) is 36.4 Å². The van der Waals surface area contributed by atoms with Crippen molar-refractivity contribution >= 4 is 11.3 Å². The van der Waals surface area contributed by atoms with Crippen LogP contribution >= 0.6 is 11.3 Å². The minimum Gasteiger partial charge on any atom is -0.497 e. The molecule has 0 aliphatic rings. The van der Waals surface area contributed by atoms with Crippen LogP contribution in [0.3, 0.4) is 0 Å². The molecule has 1 nitrogen and oxygen atoms in total. The van der Waals surface area contributed by atoms with Crippen LogP contribution in [-0.4, -0.2) is 7.11 Å². The molecule has 1 aromatic heterocycles. The van der Waals surface area contributed by atoms with Crippen molar-refractivity contribution < 1.29 is 26.7 Å². The maximum Gasteiger partial charge on any atom is 0.200 e. The Morgan fingerprint density at radius 1 is 0.667 bits per heavy atom. The molecule has 0 unspecified atom stereocenters. The number of thiophene rings is 1. The molecular formula is C17H9F5OS. The van der Waals surface area contributed by atoms with Gasteiger partial charge in [0.2, 0.25) is 5.82 Å². The van der Waals surface area contributed by atoms with Gasteiger partial charge in [-0.15, -0.1) is 11.3 Å². The first-order chi connectivity index (χ1) is 11.4. The largest absolute Gasteiger partial charge is 0.497 e. The molecule has 0 bridgehead atoms. The predicted molar refractivity (Wildman–Crippen MR) is 81.5 cm³/mol. The average Bonchev–Trinajstić information content (AvgIpc) is 3.08. The Morgan fingerprint density at radius 2 is 1.17 bits per heavy atom. The summed E-state index contributed by atoms with van der Waals surface area (Å²) in [5, 5.41) is 0.